The van der Waals surface area contributed by atoms with Gasteiger partial charge in [-0.2, -0.15) is 0 Å². The molecular weight excluding hydrogens is 471 g/mol. The molecule has 0 saturated carbocycles. The van der Waals surface area contributed by atoms with E-state index in [-0.39, 0.29) is 11.5 Å². The Morgan fingerprint density at radius 1 is 1.06 bits per heavy atom. The summed E-state index contributed by atoms with van der Waals surface area (Å²) in [6.07, 6.45) is 2.32. The van der Waals surface area contributed by atoms with Gasteiger partial charge >= 0.3 is 5.97 Å². The second-order valence-electron chi connectivity index (χ2n) is 8.76. The number of nitrogens with one attached hydrogen (secondary N) is 1. The number of aromatic carboxylic acids is 1. The number of carboxylic acids is 1. The number of hydrogen-bond donors (Lipinski definition) is 3. The van der Waals surface area contributed by atoms with E-state index in [2.05, 4.69) is 0 Å². The van der Waals surface area contributed by atoms with E-state index in [9.17, 15) is 23.1 Å². The molecule has 0 radical (unpaired) electrons. The number of nitrogens with two attached hydrogens (primary N) is 1. The molecule has 0 amide bonds. The zero-order valence-electron chi connectivity index (χ0n) is 19.0. The molecule has 0 spiro atoms. The number of ether oxygens (including phenoxy) is 1. The van der Waals surface area contributed by atoms with Gasteiger partial charge in [0, 0.05) is 65.0 Å². The second-order valence-corrected chi connectivity index (χ2v) is 8.76. The van der Waals surface area contributed by atoms with Gasteiger partial charge in [-0.15, -0.1) is 0 Å². The standard InChI is InChI=1S/C27H22F3N3O3/c28-18-8-15(7-16(9-18)27(34)35)25-20-12-23(32)17(13-31)10-24(20)33(19-1-2-21(29)22(30)11-19)26(25)14-3-5-36-6-4-14/h1-2,7-14,31H,3-6,32H2,(H,34,35). The fraction of sp³-hybridized carbons (Fsp3) is 0.185. The highest BCUT2D eigenvalue weighted by Crippen LogP contribution is 2.45. The van der Waals surface area contributed by atoms with E-state index in [1.54, 1.807) is 16.7 Å². The number of fused-ring (bicyclic) bond motifs is 1. The van der Waals surface area contributed by atoms with Crippen LogP contribution in [0.4, 0.5) is 18.9 Å². The third-order valence-corrected chi connectivity index (χ3v) is 6.57. The maximum Gasteiger partial charge on any atom is 0.335 e. The third kappa shape index (κ3) is 4.01. The number of carbonyl (C=O) groups is 1. The van der Waals surface area contributed by atoms with Gasteiger partial charge in [0.05, 0.1) is 11.1 Å². The Morgan fingerprint density at radius 2 is 1.81 bits per heavy atom. The molecule has 9 heteroatoms. The molecular formula is C27H22F3N3O3. The van der Waals surface area contributed by atoms with Crippen LogP contribution >= 0.6 is 0 Å². The van der Waals surface area contributed by atoms with E-state index in [1.807, 2.05) is 0 Å². The molecule has 1 aliphatic heterocycles. The molecule has 1 saturated heterocycles. The van der Waals surface area contributed by atoms with E-state index in [0.717, 1.165) is 24.4 Å². The Hall–Kier alpha value is -4.11. The number of nitrogen functional groups attached to an aromatic ring is 1. The number of anilines is 1. The highest BCUT2D eigenvalue weighted by molar-refractivity contribution is 6.05. The first-order chi connectivity index (χ1) is 17.3. The van der Waals surface area contributed by atoms with Crippen LogP contribution in [0, 0.1) is 22.9 Å². The van der Waals surface area contributed by atoms with Crippen LogP contribution in [0.5, 0.6) is 0 Å². The first-order valence-corrected chi connectivity index (χ1v) is 11.3. The average molecular weight is 493 g/mol. The highest BCUT2D eigenvalue weighted by Gasteiger charge is 2.29. The number of aromatic nitrogens is 1. The molecule has 4 aromatic rings. The molecule has 0 bridgehead atoms. The van der Waals surface area contributed by atoms with Gasteiger partial charge < -0.3 is 25.6 Å². The lowest BCUT2D eigenvalue weighted by atomic mass is 9.89. The summed E-state index contributed by atoms with van der Waals surface area (Å²) in [4.78, 5) is 11.7. The van der Waals surface area contributed by atoms with Crippen LogP contribution in [0.25, 0.3) is 27.7 Å². The molecule has 0 atom stereocenters. The molecule has 1 fully saturated rings. The molecule has 4 N–H and O–H groups in total. The summed E-state index contributed by atoms with van der Waals surface area (Å²) in [5.74, 6) is -4.14. The summed E-state index contributed by atoms with van der Waals surface area (Å²) in [6, 6.07) is 10.5. The molecule has 36 heavy (non-hydrogen) atoms. The van der Waals surface area contributed by atoms with Crippen LogP contribution in [-0.2, 0) is 4.74 Å². The summed E-state index contributed by atoms with van der Waals surface area (Å²) in [7, 11) is 0. The van der Waals surface area contributed by atoms with Gasteiger partial charge in [-0.3, -0.25) is 0 Å². The third-order valence-electron chi connectivity index (χ3n) is 6.57. The van der Waals surface area contributed by atoms with Crippen molar-refractivity contribution in [2.24, 2.45) is 0 Å². The zero-order chi connectivity index (χ0) is 25.6. The molecule has 0 aliphatic carbocycles. The lowest BCUT2D eigenvalue weighted by molar-refractivity contribution is 0.0696. The monoisotopic (exact) mass is 493 g/mol. The van der Waals surface area contributed by atoms with Crippen molar-refractivity contribution in [2.75, 3.05) is 18.9 Å². The molecule has 1 aliphatic rings. The molecule has 6 nitrogen and oxygen atoms in total. The number of halogens is 3. The van der Waals surface area contributed by atoms with E-state index in [4.69, 9.17) is 15.9 Å². The van der Waals surface area contributed by atoms with Gasteiger partial charge in [0.25, 0.3) is 0 Å². The van der Waals surface area contributed by atoms with Crippen molar-refractivity contribution >= 4 is 28.8 Å². The molecule has 2 heterocycles. The number of benzene rings is 3. The van der Waals surface area contributed by atoms with Crippen molar-refractivity contribution in [3.05, 3.63) is 82.8 Å². The van der Waals surface area contributed by atoms with Gasteiger partial charge in [-0.25, -0.2) is 18.0 Å². The highest BCUT2D eigenvalue weighted by atomic mass is 19.2. The summed E-state index contributed by atoms with van der Waals surface area (Å²) in [5.41, 5.74) is 9.14. The quantitative estimate of drug-likeness (QED) is 0.238. The van der Waals surface area contributed by atoms with Gasteiger partial charge in [0.2, 0.25) is 0 Å². The fourth-order valence-electron chi connectivity index (χ4n) is 4.93. The maximum absolute atomic E-state index is 14.6. The first-order valence-electron chi connectivity index (χ1n) is 11.3. The van der Waals surface area contributed by atoms with Crippen molar-refractivity contribution in [1.82, 2.24) is 4.57 Å². The smallest absolute Gasteiger partial charge is 0.335 e. The summed E-state index contributed by atoms with van der Waals surface area (Å²) in [6.45, 7) is 0.946. The van der Waals surface area contributed by atoms with E-state index >= 15 is 0 Å². The van der Waals surface area contributed by atoms with Gasteiger partial charge in [-0.1, -0.05) is 0 Å². The zero-order valence-corrected chi connectivity index (χ0v) is 19.0. The summed E-state index contributed by atoms with van der Waals surface area (Å²) >= 11 is 0. The Morgan fingerprint density at radius 3 is 2.47 bits per heavy atom. The van der Waals surface area contributed by atoms with Crippen LogP contribution in [-0.4, -0.2) is 35.1 Å². The molecule has 3 aromatic carbocycles. The predicted molar refractivity (Wildman–Crippen MR) is 131 cm³/mol. The van der Waals surface area contributed by atoms with Gasteiger partial charge in [0.15, 0.2) is 11.6 Å². The number of hydrogen-bond acceptors (Lipinski definition) is 4. The summed E-state index contributed by atoms with van der Waals surface area (Å²) in [5, 5.41) is 17.9. The SMILES string of the molecule is N=Cc1cc2c(cc1N)c(-c1cc(F)cc(C(=O)O)c1)c(C1CCOCC1)n2-c1ccc(F)c(F)c1. The minimum Gasteiger partial charge on any atom is -0.478 e. The van der Waals surface area contributed by atoms with Crippen LogP contribution in [0.1, 0.15) is 40.4 Å². The minimum absolute atomic E-state index is 0.115. The van der Waals surface area contributed by atoms with E-state index < -0.39 is 23.4 Å². The lowest BCUT2D eigenvalue weighted by Gasteiger charge is -2.26. The Bertz CT molecular complexity index is 1520. The van der Waals surface area contributed by atoms with E-state index in [0.29, 0.717) is 70.7 Å². The normalized spacial score (nSPS) is 14.3. The summed E-state index contributed by atoms with van der Waals surface area (Å²) < 4.78 is 50.2. The van der Waals surface area contributed by atoms with Crippen LogP contribution < -0.4 is 5.73 Å². The van der Waals surface area contributed by atoms with Crippen molar-refractivity contribution in [3.8, 4) is 16.8 Å². The van der Waals surface area contributed by atoms with Crippen LogP contribution in [0.3, 0.4) is 0 Å². The molecule has 0 unspecified atom stereocenters. The average Bonchev–Trinajstić information content (AvgIpc) is 3.19. The Balaban J connectivity index is 1.95. The van der Waals surface area contributed by atoms with Crippen molar-refractivity contribution < 1.29 is 27.8 Å². The van der Waals surface area contributed by atoms with Crippen molar-refractivity contribution in [1.29, 1.82) is 5.41 Å². The maximum atomic E-state index is 14.6. The predicted octanol–water partition coefficient (Wildman–Crippen LogP) is 5.89. The van der Waals surface area contributed by atoms with Crippen LogP contribution in [0.15, 0.2) is 48.5 Å². The number of carboxylic acid groups (broad SMARTS) is 1. The van der Waals surface area contributed by atoms with Crippen molar-refractivity contribution in [2.45, 2.75) is 18.8 Å². The first kappa shape index (κ1) is 23.6. The molecule has 184 valence electrons. The number of nitrogens with zero attached hydrogens (tertiary/aromatic N) is 1. The van der Waals surface area contributed by atoms with E-state index in [1.165, 1.54) is 18.2 Å². The number of rotatable bonds is 5. The van der Waals surface area contributed by atoms with Gasteiger partial charge in [0.1, 0.15) is 5.82 Å². The Labute approximate surface area is 204 Å². The lowest BCUT2D eigenvalue weighted by Crippen LogP contribution is -2.17. The second kappa shape index (κ2) is 9.16. The Kier molecular flexibility index (Phi) is 6.01. The topological polar surface area (TPSA) is 101 Å². The molecule has 5 rings (SSSR count). The fourth-order valence-corrected chi connectivity index (χ4v) is 4.93. The van der Waals surface area contributed by atoms with Gasteiger partial charge in [-0.05, 0) is 60.9 Å². The van der Waals surface area contributed by atoms with Crippen LogP contribution in [0.2, 0.25) is 0 Å². The van der Waals surface area contributed by atoms with Crippen molar-refractivity contribution in [3.63, 3.8) is 0 Å². The minimum atomic E-state index is -1.28. The molecule has 1 aromatic heterocycles. The largest absolute Gasteiger partial charge is 0.478 e.